The summed E-state index contributed by atoms with van der Waals surface area (Å²) in [6.45, 7) is 15.3. The van der Waals surface area contributed by atoms with Crippen LogP contribution >= 0.6 is 0 Å². The molecular formula is C17H30N2OSi. The lowest BCUT2D eigenvalue weighted by atomic mass is 10.2. The molecular weight excluding hydrogens is 276 g/mol. The Hall–Kier alpha value is -1.13. The van der Waals surface area contributed by atoms with Gasteiger partial charge in [0, 0.05) is 19.6 Å². The second-order valence-electron chi connectivity index (χ2n) is 6.56. The normalized spacial score (nSPS) is 13.0. The maximum absolute atomic E-state index is 12.2. The van der Waals surface area contributed by atoms with Crippen LogP contribution in [0.3, 0.4) is 0 Å². The Balaban J connectivity index is 2.57. The van der Waals surface area contributed by atoms with E-state index >= 15 is 0 Å². The van der Waals surface area contributed by atoms with Gasteiger partial charge in [-0.15, -0.1) is 0 Å². The molecule has 0 aromatic heterocycles. The zero-order chi connectivity index (χ0) is 16.0. The molecule has 0 fully saturated rings. The predicted molar refractivity (Wildman–Crippen MR) is 93.7 cm³/mol. The van der Waals surface area contributed by atoms with E-state index in [1.807, 2.05) is 25.7 Å². The first-order chi connectivity index (χ1) is 9.79. The van der Waals surface area contributed by atoms with E-state index in [0.717, 1.165) is 19.6 Å². The first-order valence-corrected chi connectivity index (χ1v) is 11.4. The fourth-order valence-corrected chi connectivity index (χ4v) is 3.46. The van der Waals surface area contributed by atoms with E-state index in [2.05, 4.69) is 49.2 Å². The third-order valence-corrected chi connectivity index (χ3v) is 5.94. The summed E-state index contributed by atoms with van der Waals surface area (Å²) in [5.41, 5.74) is 1.23. The Kier molecular flexibility index (Phi) is 6.62. The highest BCUT2D eigenvalue weighted by atomic mass is 28.3. The van der Waals surface area contributed by atoms with Crippen molar-refractivity contribution in [3.05, 3.63) is 29.8 Å². The molecule has 1 aromatic carbocycles. The summed E-state index contributed by atoms with van der Waals surface area (Å²) in [6.07, 6.45) is 0. The highest BCUT2D eigenvalue weighted by molar-refractivity contribution is 6.88. The topological polar surface area (TPSA) is 32.3 Å². The molecule has 0 spiro atoms. The van der Waals surface area contributed by atoms with Crippen LogP contribution < -0.4 is 10.5 Å². The monoisotopic (exact) mass is 306 g/mol. The Bertz CT molecular complexity index is 447. The van der Waals surface area contributed by atoms with Crippen LogP contribution in [-0.4, -0.2) is 38.0 Å². The van der Waals surface area contributed by atoms with Crippen LogP contribution in [0.1, 0.15) is 26.3 Å². The maximum atomic E-state index is 12.2. The second-order valence-corrected chi connectivity index (χ2v) is 11.6. The minimum Gasteiger partial charge on any atom is -0.342 e. The molecule has 4 heteroatoms. The third kappa shape index (κ3) is 5.29. The summed E-state index contributed by atoms with van der Waals surface area (Å²) in [6, 6.07) is 8.69. The molecule has 1 atom stereocenters. The summed E-state index contributed by atoms with van der Waals surface area (Å²) < 4.78 is 0. The number of carbonyl (C=O) groups is 1. The highest BCUT2D eigenvalue weighted by Gasteiger charge is 2.18. The van der Waals surface area contributed by atoms with Gasteiger partial charge in [-0.3, -0.25) is 4.79 Å². The molecule has 1 rings (SSSR count). The molecule has 1 amide bonds. The molecule has 0 saturated carbocycles. The summed E-state index contributed by atoms with van der Waals surface area (Å²) >= 11 is 0. The summed E-state index contributed by atoms with van der Waals surface area (Å²) in [5.74, 6) is 0.179. The SMILES string of the molecule is CCN(CC)C(=O)C(C)NCc1ccc([Si](C)(C)C)cc1. The lowest BCUT2D eigenvalue weighted by Gasteiger charge is -2.23. The molecule has 0 aliphatic heterocycles. The summed E-state index contributed by atoms with van der Waals surface area (Å²) in [7, 11) is -1.22. The van der Waals surface area contributed by atoms with Gasteiger partial charge in [-0.1, -0.05) is 49.1 Å². The first kappa shape index (κ1) is 17.9. The molecule has 118 valence electrons. The molecule has 0 radical (unpaired) electrons. The van der Waals surface area contributed by atoms with E-state index in [-0.39, 0.29) is 11.9 Å². The van der Waals surface area contributed by atoms with Crippen molar-refractivity contribution in [2.45, 2.75) is 53.0 Å². The van der Waals surface area contributed by atoms with Crippen LogP contribution in [0, 0.1) is 0 Å². The molecule has 21 heavy (non-hydrogen) atoms. The van der Waals surface area contributed by atoms with Gasteiger partial charge < -0.3 is 10.2 Å². The predicted octanol–water partition coefficient (Wildman–Crippen LogP) is 2.58. The average Bonchev–Trinajstić information content (AvgIpc) is 2.45. The van der Waals surface area contributed by atoms with E-state index in [4.69, 9.17) is 0 Å². The van der Waals surface area contributed by atoms with Crippen molar-refractivity contribution >= 4 is 19.2 Å². The second kappa shape index (κ2) is 7.76. The van der Waals surface area contributed by atoms with Crippen LogP contribution in [0.2, 0.25) is 19.6 Å². The van der Waals surface area contributed by atoms with Crippen molar-refractivity contribution in [1.82, 2.24) is 10.2 Å². The fourth-order valence-electron chi connectivity index (χ4n) is 2.29. The molecule has 0 saturated heterocycles. The van der Waals surface area contributed by atoms with Crippen molar-refractivity contribution in [1.29, 1.82) is 0 Å². The molecule has 0 heterocycles. The average molecular weight is 307 g/mol. The molecule has 1 N–H and O–H groups in total. The molecule has 1 unspecified atom stereocenters. The number of rotatable bonds is 7. The van der Waals surface area contributed by atoms with Crippen molar-refractivity contribution in [2.24, 2.45) is 0 Å². The van der Waals surface area contributed by atoms with Crippen molar-refractivity contribution in [3.63, 3.8) is 0 Å². The van der Waals surface area contributed by atoms with E-state index in [0.29, 0.717) is 0 Å². The number of hydrogen-bond acceptors (Lipinski definition) is 2. The van der Waals surface area contributed by atoms with Crippen LogP contribution in [0.15, 0.2) is 24.3 Å². The van der Waals surface area contributed by atoms with Crippen molar-refractivity contribution in [2.75, 3.05) is 13.1 Å². The molecule has 0 aliphatic carbocycles. The number of hydrogen-bond donors (Lipinski definition) is 1. The van der Waals surface area contributed by atoms with Gasteiger partial charge in [0.05, 0.1) is 14.1 Å². The maximum Gasteiger partial charge on any atom is 0.239 e. The van der Waals surface area contributed by atoms with Gasteiger partial charge in [0.15, 0.2) is 0 Å². The largest absolute Gasteiger partial charge is 0.342 e. The van der Waals surface area contributed by atoms with Gasteiger partial charge in [0.25, 0.3) is 0 Å². The van der Waals surface area contributed by atoms with E-state index in [9.17, 15) is 4.79 Å². The Labute approximate surface area is 130 Å². The fraction of sp³-hybridized carbons (Fsp3) is 0.588. The number of amides is 1. The highest BCUT2D eigenvalue weighted by Crippen LogP contribution is 2.05. The third-order valence-electron chi connectivity index (χ3n) is 3.88. The lowest BCUT2D eigenvalue weighted by molar-refractivity contribution is -0.132. The number of benzene rings is 1. The summed E-state index contributed by atoms with van der Waals surface area (Å²) in [4.78, 5) is 14.0. The Morgan fingerprint density at radius 1 is 1.14 bits per heavy atom. The summed E-state index contributed by atoms with van der Waals surface area (Å²) in [5, 5.41) is 4.80. The van der Waals surface area contributed by atoms with Gasteiger partial charge in [-0.2, -0.15) is 0 Å². The van der Waals surface area contributed by atoms with E-state index in [1.165, 1.54) is 10.8 Å². The Morgan fingerprint density at radius 3 is 2.10 bits per heavy atom. The quantitative estimate of drug-likeness (QED) is 0.785. The Morgan fingerprint density at radius 2 is 1.67 bits per heavy atom. The number of likely N-dealkylation sites (N-methyl/N-ethyl adjacent to an activating group) is 1. The molecule has 3 nitrogen and oxygen atoms in total. The minimum atomic E-state index is -1.22. The minimum absolute atomic E-state index is 0.137. The molecule has 0 aliphatic rings. The van der Waals surface area contributed by atoms with Crippen molar-refractivity contribution in [3.8, 4) is 0 Å². The molecule has 1 aromatic rings. The number of nitrogens with one attached hydrogen (secondary N) is 1. The van der Waals surface area contributed by atoms with Gasteiger partial charge >= 0.3 is 0 Å². The lowest BCUT2D eigenvalue weighted by Crippen LogP contribution is -2.44. The van der Waals surface area contributed by atoms with Gasteiger partial charge in [0.1, 0.15) is 0 Å². The van der Waals surface area contributed by atoms with Crippen LogP contribution in [0.25, 0.3) is 0 Å². The van der Waals surface area contributed by atoms with Crippen LogP contribution in [-0.2, 0) is 11.3 Å². The number of nitrogens with zero attached hydrogens (tertiary/aromatic N) is 1. The van der Waals surface area contributed by atoms with Crippen molar-refractivity contribution < 1.29 is 4.79 Å². The molecule has 0 bridgehead atoms. The van der Waals surface area contributed by atoms with E-state index in [1.54, 1.807) is 0 Å². The first-order valence-electron chi connectivity index (χ1n) is 7.91. The standard InChI is InChI=1S/C17H30N2OSi/c1-7-19(8-2)17(20)14(3)18-13-15-9-11-16(12-10-15)21(4,5)6/h9-12,14,18H,7-8,13H2,1-6H3. The van der Waals surface area contributed by atoms with E-state index < -0.39 is 8.07 Å². The smallest absolute Gasteiger partial charge is 0.239 e. The van der Waals surface area contributed by atoms with Crippen LogP contribution in [0.5, 0.6) is 0 Å². The van der Waals surface area contributed by atoms with Gasteiger partial charge in [0.2, 0.25) is 5.91 Å². The zero-order valence-electron chi connectivity index (χ0n) is 14.4. The van der Waals surface area contributed by atoms with Gasteiger partial charge in [-0.25, -0.2) is 0 Å². The van der Waals surface area contributed by atoms with Gasteiger partial charge in [-0.05, 0) is 26.3 Å². The zero-order valence-corrected chi connectivity index (χ0v) is 15.4. The van der Waals surface area contributed by atoms with Crippen LogP contribution in [0.4, 0.5) is 0 Å². The number of carbonyl (C=O) groups excluding carboxylic acids is 1.